The van der Waals surface area contributed by atoms with E-state index in [1.807, 2.05) is 45.0 Å². The van der Waals surface area contributed by atoms with Crippen molar-refractivity contribution in [3.63, 3.8) is 0 Å². The molecule has 0 bridgehead atoms. The Balaban J connectivity index is 2.18. The van der Waals surface area contributed by atoms with Crippen molar-refractivity contribution in [2.24, 2.45) is 11.0 Å². The van der Waals surface area contributed by atoms with Gasteiger partial charge in [0.15, 0.2) is 0 Å². The summed E-state index contributed by atoms with van der Waals surface area (Å²) in [6.07, 6.45) is 10.1. The predicted molar refractivity (Wildman–Crippen MR) is 134 cm³/mol. The Morgan fingerprint density at radius 2 is 2.15 bits per heavy atom. The third-order valence-corrected chi connectivity index (χ3v) is 6.03. The SMILES string of the molecule is C=C(F)/C=C\C(=C/C)C(C)(C)NC(=O)C1=NN(CC(C)CCCCC)C(c2cc#ccc2)C1. The van der Waals surface area contributed by atoms with E-state index in [1.54, 1.807) is 6.08 Å². The summed E-state index contributed by atoms with van der Waals surface area (Å²) >= 11 is 0. The Hall–Kier alpha value is -2.87. The lowest BCUT2D eigenvalue weighted by Gasteiger charge is -2.28. The molecule has 0 aromatic heterocycles. The second kappa shape index (κ2) is 12.4. The number of allylic oxidation sites excluding steroid dienone is 3. The molecule has 0 radical (unpaired) electrons. The third-order valence-electron chi connectivity index (χ3n) is 6.03. The van der Waals surface area contributed by atoms with Gasteiger partial charge in [-0.25, -0.2) is 4.39 Å². The number of hydrogen-bond donors (Lipinski definition) is 1. The number of nitrogens with zero attached hydrogens (tertiary/aromatic N) is 2. The lowest BCUT2D eigenvalue weighted by Crippen LogP contribution is -2.47. The second-order valence-corrected chi connectivity index (χ2v) is 9.36. The predicted octanol–water partition coefficient (Wildman–Crippen LogP) is 6.49. The van der Waals surface area contributed by atoms with Gasteiger partial charge >= 0.3 is 0 Å². The number of rotatable bonds is 12. The highest BCUT2D eigenvalue weighted by molar-refractivity contribution is 6.39. The number of carbonyl (C=O) groups is 1. The lowest BCUT2D eigenvalue weighted by molar-refractivity contribution is -0.116. The van der Waals surface area contributed by atoms with Gasteiger partial charge in [0.1, 0.15) is 11.5 Å². The van der Waals surface area contributed by atoms with Gasteiger partial charge in [0, 0.05) is 13.0 Å². The van der Waals surface area contributed by atoms with E-state index < -0.39 is 11.4 Å². The summed E-state index contributed by atoms with van der Waals surface area (Å²) in [5.74, 6) is -0.251. The molecule has 0 spiro atoms. The first-order chi connectivity index (χ1) is 15.7. The molecular weight excluding hydrogens is 413 g/mol. The van der Waals surface area contributed by atoms with Crippen LogP contribution in [-0.2, 0) is 4.79 Å². The molecule has 2 unspecified atom stereocenters. The van der Waals surface area contributed by atoms with Crippen LogP contribution in [0.5, 0.6) is 0 Å². The molecule has 0 aliphatic carbocycles. The van der Waals surface area contributed by atoms with Crippen LogP contribution in [-0.4, -0.2) is 28.7 Å². The summed E-state index contributed by atoms with van der Waals surface area (Å²) in [5.41, 5.74) is 1.70. The number of halogens is 1. The van der Waals surface area contributed by atoms with Crippen molar-refractivity contribution in [3.8, 4) is 0 Å². The van der Waals surface area contributed by atoms with Gasteiger partial charge in [-0.05, 0) is 68.5 Å². The van der Waals surface area contributed by atoms with Gasteiger partial charge in [0.05, 0.1) is 11.6 Å². The molecule has 1 heterocycles. The fourth-order valence-electron chi connectivity index (χ4n) is 4.14. The Morgan fingerprint density at radius 3 is 2.76 bits per heavy atom. The molecule has 1 aliphatic heterocycles. The molecule has 0 saturated carbocycles. The van der Waals surface area contributed by atoms with E-state index in [9.17, 15) is 9.18 Å². The molecule has 0 saturated heterocycles. The number of hydrazone groups is 1. The first kappa shape index (κ1) is 26.4. The summed E-state index contributed by atoms with van der Waals surface area (Å²) < 4.78 is 13.1. The maximum Gasteiger partial charge on any atom is 0.268 e. The van der Waals surface area contributed by atoms with Crippen molar-refractivity contribution in [1.29, 1.82) is 0 Å². The number of amides is 1. The number of nitrogens with one attached hydrogen (secondary N) is 1. The van der Waals surface area contributed by atoms with Crippen molar-refractivity contribution in [2.75, 3.05) is 6.54 Å². The number of unbranched alkanes of at least 4 members (excludes halogenated alkanes) is 2. The number of hydrogen-bond acceptors (Lipinski definition) is 3. The van der Waals surface area contributed by atoms with E-state index in [-0.39, 0.29) is 11.9 Å². The van der Waals surface area contributed by atoms with Crippen LogP contribution in [0.1, 0.15) is 78.3 Å². The minimum absolute atomic E-state index is 0.00397. The highest BCUT2D eigenvalue weighted by Crippen LogP contribution is 2.32. The zero-order valence-electron chi connectivity index (χ0n) is 20.7. The van der Waals surface area contributed by atoms with E-state index in [1.165, 1.54) is 25.3 Å². The Bertz CT molecular complexity index is 886. The molecule has 5 heteroatoms. The third kappa shape index (κ3) is 7.89. The van der Waals surface area contributed by atoms with Gasteiger partial charge < -0.3 is 5.32 Å². The van der Waals surface area contributed by atoms with Gasteiger partial charge in [-0.15, -0.1) is 0 Å². The van der Waals surface area contributed by atoms with E-state index >= 15 is 0 Å². The van der Waals surface area contributed by atoms with Gasteiger partial charge in [0.2, 0.25) is 0 Å². The maximum atomic E-state index is 13.2. The quantitative estimate of drug-likeness (QED) is 0.292. The zero-order chi connectivity index (χ0) is 24.4. The Morgan fingerprint density at radius 1 is 1.39 bits per heavy atom. The summed E-state index contributed by atoms with van der Waals surface area (Å²) in [6.45, 7) is 14.2. The van der Waals surface area contributed by atoms with Gasteiger partial charge in [0.25, 0.3) is 5.91 Å². The van der Waals surface area contributed by atoms with Crippen LogP contribution in [0.25, 0.3) is 0 Å². The zero-order valence-corrected chi connectivity index (χ0v) is 20.7. The van der Waals surface area contributed by atoms with Crippen molar-refractivity contribution >= 4 is 11.6 Å². The van der Waals surface area contributed by atoms with Gasteiger partial charge in [-0.2, -0.15) is 5.10 Å². The van der Waals surface area contributed by atoms with Crippen LogP contribution in [0.2, 0.25) is 0 Å². The Labute approximate surface area is 199 Å². The van der Waals surface area contributed by atoms with Crippen molar-refractivity contribution in [3.05, 3.63) is 72.1 Å². The summed E-state index contributed by atoms with van der Waals surface area (Å²) in [7, 11) is 0. The molecule has 1 N–H and O–H groups in total. The van der Waals surface area contributed by atoms with Crippen molar-refractivity contribution in [1.82, 2.24) is 10.3 Å². The monoisotopic (exact) mass is 451 g/mol. The summed E-state index contributed by atoms with van der Waals surface area (Å²) in [6, 6.07) is 11.8. The molecule has 33 heavy (non-hydrogen) atoms. The van der Waals surface area contributed by atoms with Gasteiger partial charge in [-0.1, -0.05) is 64.0 Å². The smallest absolute Gasteiger partial charge is 0.268 e. The van der Waals surface area contributed by atoms with Crippen molar-refractivity contribution < 1.29 is 9.18 Å². The maximum absolute atomic E-state index is 13.2. The van der Waals surface area contributed by atoms with E-state index in [0.717, 1.165) is 24.1 Å². The van der Waals surface area contributed by atoms with Crippen LogP contribution < -0.4 is 5.32 Å². The molecule has 1 amide bonds. The molecular formula is C28H38FN3O. The number of carbonyl (C=O) groups excluding carboxylic acids is 1. The summed E-state index contributed by atoms with van der Waals surface area (Å²) in [4.78, 5) is 13.2. The average molecular weight is 452 g/mol. The topological polar surface area (TPSA) is 44.7 Å². The lowest BCUT2D eigenvalue weighted by atomic mass is 9.92. The van der Waals surface area contributed by atoms with Crippen LogP contribution in [0.4, 0.5) is 4.39 Å². The molecule has 2 rings (SSSR count). The van der Waals surface area contributed by atoms with Gasteiger partial charge in [-0.3, -0.25) is 9.80 Å². The van der Waals surface area contributed by atoms with Crippen molar-refractivity contribution in [2.45, 2.75) is 78.3 Å². The molecule has 1 aliphatic rings. The molecule has 2 atom stereocenters. The fraction of sp³-hybridized carbons (Fsp3) is 0.500. The molecule has 178 valence electrons. The van der Waals surface area contributed by atoms with E-state index in [2.05, 4.69) is 42.9 Å². The summed E-state index contributed by atoms with van der Waals surface area (Å²) in [5, 5.41) is 9.90. The first-order valence-corrected chi connectivity index (χ1v) is 11.9. The standard InChI is InChI=1S/C28H38FN3O/c1-7-9-11-14-21(3)20-32-26(23-15-12-10-13-16-23)19-25(31-32)27(33)30-28(5,6)24(8-2)18-17-22(4)29/h8,12,15-18,21,26H,4,7,9,11,14,19-20H2,1-3,5-6H3,(H,30,33)/b18-17-,24-8+. The molecule has 1 aromatic carbocycles. The minimum Gasteiger partial charge on any atom is -0.342 e. The molecule has 1 aromatic rings. The average Bonchev–Trinajstić information content (AvgIpc) is 3.18. The molecule has 0 fully saturated rings. The van der Waals surface area contributed by atoms with Crippen LogP contribution in [0.3, 0.4) is 0 Å². The molecule has 4 nitrogen and oxygen atoms in total. The van der Waals surface area contributed by atoms with Crippen LogP contribution >= 0.6 is 0 Å². The minimum atomic E-state index is -0.688. The highest BCUT2D eigenvalue weighted by Gasteiger charge is 2.34. The fourth-order valence-corrected chi connectivity index (χ4v) is 4.14. The normalized spacial score (nSPS) is 17.6. The largest absolute Gasteiger partial charge is 0.342 e. The van der Waals surface area contributed by atoms with E-state index in [4.69, 9.17) is 5.10 Å². The Kier molecular flexibility index (Phi) is 9.91. The highest BCUT2D eigenvalue weighted by atomic mass is 19.1. The second-order valence-electron chi connectivity index (χ2n) is 9.36. The first-order valence-electron chi connectivity index (χ1n) is 11.9. The van der Waals surface area contributed by atoms with Crippen LogP contribution in [0, 0.1) is 18.1 Å². The van der Waals surface area contributed by atoms with Crippen LogP contribution in [0.15, 0.2) is 59.5 Å². The van der Waals surface area contributed by atoms with E-state index in [0.29, 0.717) is 18.1 Å².